The van der Waals surface area contributed by atoms with Gasteiger partial charge in [-0.2, -0.15) is 11.8 Å². The maximum atomic E-state index is 10.7. The summed E-state index contributed by atoms with van der Waals surface area (Å²) in [5.41, 5.74) is 5.51. The SMILES string of the molecule is CSCCNc1ccc(C(N)=O)cn1. The minimum absolute atomic E-state index is 0.431. The molecule has 0 aliphatic rings. The minimum atomic E-state index is -0.451. The molecule has 1 amide bonds. The third kappa shape index (κ3) is 3.26. The van der Waals surface area contributed by atoms with E-state index in [1.54, 1.807) is 23.9 Å². The number of nitrogens with one attached hydrogen (secondary N) is 1. The standard InChI is InChI=1S/C9H13N3OS/c1-14-5-4-11-8-3-2-7(6-12-8)9(10)13/h2-3,6H,4-5H2,1H3,(H2,10,13)(H,11,12). The van der Waals surface area contributed by atoms with E-state index >= 15 is 0 Å². The summed E-state index contributed by atoms with van der Waals surface area (Å²) in [4.78, 5) is 14.8. The Balaban J connectivity index is 2.51. The van der Waals surface area contributed by atoms with Crippen molar-refractivity contribution in [1.82, 2.24) is 4.98 Å². The van der Waals surface area contributed by atoms with Crippen LogP contribution in [0, 0.1) is 0 Å². The number of carbonyl (C=O) groups excluding carboxylic acids is 1. The molecule has 1 rings (SSSR count). The van der Waals surface area contributed by atoms with Crippen molar-refractivity contribution in [3.8, 4) is 0 Å². The van der Waals surface area contributed by atoms with Crippen LogP contribution in [0.25, 0.3) is 0 Å². The van der Waals surface area contributed by atoms with E-state index in [-0.39, 0.29) is 0 Å². The van der Waals surface area contributed by atoms with E-state index in [2.05, 4.69) is 10.3 Å². The number of hydrogen-bond donors (Lipinski definition) is 2. The smallest absolute Gasteiger partial charge is 0.250 e. The normalized spacial score (nSPS) is 9.79. The summed E-state index contributed by atoms with van der Waals surface area (Å²) in [5.74, 6) is 1.34. The highest BCUT2D eigenvalue weighted by Gasteiger charge is 1.99. The van der Waals surface area contributed by atoms with E-state index in [0.717, 1.165) is 18.1 Å². The predicted molar refractivity (Wildman–Crippen MR) is 59.6 cm³/mol. The van der Waals surface area contributed by atoms with Crippen molar-refractivity contribution in [2.24, 2.45) is 5.73 Å². The van der Waals surface area contributed by atoms with Gasteiger partial charge in [-0.1, -0.05) is 0 Å². The van der Waals surface area contributed by atoms with Gasteiger partial charge in [-0.3, -0.25) is 4.79 Å². The summed E-state index contributed by atoms with van der Waals surface area (Å²) >= 11 is 1.76. The van der Waals surface area contributed by atoms with Gasteiger partial charge in [0.25, 0.3) is 0 Å². The molecule has 5 heteroatoms. The molecule has 0 fully saturated rings. The van der Waals surface area contributed by atoms with Gasteiger partial charge in [0.2, 0.25) is 5.91 Å². The van der Waals surface area contributed by atoms with Crippen molar-refractivity contribution in [2.45, 2.75) is 0 Å². The Kier molecular flexibility index (Phi) is 4.25. The second-order valence-electron chi connectivity index (χ2n) is 2.72. The number of anilines is 1. The van der Waals surface area contributed by atoms with Crippen molar-refractivity contribution in [3.63, 3.8) is 0 Å². The van der Waals surface area contributed by atoms with Crippen LogP contribution >= 0.6 is 11.8 Å². The van der Waals surface area contributed by atoms with Crippen molar-refractivity contribution in [2.75, 3.05) is 23.9 Å². The molecule has 1 aromatic heterocycles. The van der Waals surface area contributed by atoms with E-state index < -0.39 is 5.91 Å². The van der Waals surface area contributed by atoms with E-state index in [0.29, 0.717) is 5.56 Å². The van der Waals surface area contributed by atoms with E-state index in [1.165, 1.54) is 6.20 Å². The highest BCUT2D eigenvalue weighted by molar-refractivity contribution is 7.98. The van der Waals surface area contributed by atoms with Gasteiger partial charge in [0, 0.05) is 18.5 Å². The number of carbonyl (C=O) groups is 1. The zero-order chi connectivity index (χ0) is 10.4. The Morgan fingerprint density at radius 3 is 2.93 bits per heavy atom. The van der Waals surface area contributed by atoms with Crippen LogP contribution in [0.4, 0.5) is 5.82 Å². The number of primary amides is 1. The van der Waals surface area contributed by atoms with Crippen molar-refractivity contribution < 1.29 is 4.79 Å². The van der Waals surface area contributed by atoms with Crippen LogP contribution in [0.1, 0.15) is 10.4 Å². The zero-order valence-electron chi connectivity index (χ0n) is 7.99. The lowest BCUT2D eigenvalue weighted by Gasteiger charge is -2.03. The summed E-state index contributed by atoms with van der Waals surface area (Å²) in [6, 6.07) is 3.41. The number of aromatic nitrogens is 1. The highest BCUT2D eigenvalue weighted by Crippen LogP contribution is 2.04. The van der Waals surface area contributed by atoms with Crippen molar-refractivity contribution in [1.29, 1.82) is 0 Å². The Bertz CT molecular complexity index is 299. The van der Waals surface area contributed by atoms with Gasteiger partial charge in [0.15, 0.2) is 0 Å². The predicted octanol–water partition coefficient (Wildman–Crippen LogP) is 0.955. The minimum Gasteiger partial charge on any atom is -0.369 e. The largest absolute Gasteiger partial charge is 0.369 e. The molecular formula is C9H13N3OS. The molecule has 1 heterocycles. The molecule has 0 spiro atoms. The van der Waals surface area contributed by atoms with E-state index in [1.807, 2.05) is 6.26 Å². The number of nitrogens with zero attached hydrogens (tertiary/aromatic N) is 1. The molecule has 3 N–H and O–H groups in total. The molecule has 14 heavy (non-hydrogen) atoms. The van der Waals surface area contributed by atoms with E-state index in [4.69, 9.17) is 5.73 Å². The van der Waals surface area contributed by atoms with Crippen molar-refractivity contribution in [3.05, 3.63) is 23.9 Å². The number of rotatable bonds is 5. The number of thioether (sulfide) groups is 1. The highest BCUT2D eigenvalue weighted by atomic mass is 32.2. The van der Waals surface area contributed by atoms with Crippen LogP contribution in [0.3, 0.4) is 0 Å². The molecule has 0 aliphatic carbocycles. The van der Waals surface area contributed by atoms with Gasteiger partial charge in [0.05, 0.1) is 5.56 Å². The Hall–Kier alpha value is -1.23. The van der Waals surface area contributed by atoms with Crippen LogP contribution < -0.4 is 11.1 Å². The fraction of sp³-hybridized carbons (Fsp3) is 0.333. The Morgan fingerprint density at radius 1 is 1.64 bits per heavy atom. The second kappa shape index (κ2) is 5.49. The summed E-state index contributed by atoms with van der Waals surface area (Å²) in [7, 11) is 0. The van der Waals surface area contributed by atoms with Gasteiger partial charge >= 0.3 is 0 Å². The van der Waals surface area contributed by atoms with Crippen LogP contribution in [-0.4, -0.2) is 29.4 Å². The molecule has 0 saturated heterocycles. The topological polar surface area (TPSA) is 68.0 Å². The van der Waals surface area contributed by atoms with Crippen LogP contribution in [-0.2, 0) is 0 Å². The molecule has 0 unspecified atom stereocenters. The van der Waals surface area contributed by atoms with Crippen LogP contribution in [0.15, 0.2) is 18.3 Å². The molecule has 76 valence electrons. The maximum Gasteiger partial charge on any atom is 0.250 e. The van der Waals surface area contributed by atoms with Crippen molar-refractivity contribution >= 4 is 23.5 Å². The molecule has 0 aliphatic heterocycles. The molecular weight excluding hydrogens is 198 g/mol. The van der Waals surface area contributed by atoms with E-state index in [9.17, 15) is 4.79 Å². The molecule has 0 atom stereocenters. The number of nitrogens with two attached hydrogens (primary N) is 1. The lowest BCUT2D eigenvalue weighted by Crippen LogP contribution is -2.12. The average Bonchev–Trinajstić information content (AvgIpc) is 2.19. The first-order valence-corrected chi connectivity index (χ1v) is 5.62. The fourth-order valence-electron chi connectivity index (χ4n) is 0.925. The molecule has 1 aromatic rings. The number of pyridine rings is 1. The third-order valence-corrected chi connectivity index (χ3v) is 2.27. The van der Waals surface area contributed by atoms with Gasteiger partial charge in [-0.05, 0) is 18.4 Å². The summed E-state index contributed by atoms with van der Waals surface area (Å²) in [6.45, 7) is 0.865. The Morgan fingerprint density at radius 2 is 2.43 bits per heavy atom. The second-order valence-corrected chi connectivity index (χ2v) is 3.70. The van der Waals surface area contributed by atoms with Gasteiger partial charge in [-0.15, -0.1) is 0 Å². The Labute approximate surface area is 87.3 Å². The van der Waals surface area contributed by atoms with Gasteiger partial charge in [0.1, 0.15) is 5.82 Å². The monoisotopic (exact) mass is 211 g/mol. The van der Waals surface area contributed by atoms with Crippen LogP contribution in [0.2, 0.25) is 0 Å². The molecule has 0 bridgehead atoms. The number of hydrogen-bond acceptors (Lipinski definition) is 4. The molecule has 0 radical (unpaired) electrons. The summed E-state index contributed by atoms with van der Waals surface area (Å²) in [6.07, 6.45) is 3.52. The van der Waals surface area contributed by atoms with Gasteiger partial charge < -0.3 is 11.1 Å². The lowest BCUT2D eigenvalue weighted by molar-refractivity contribution is 0.1000. The first-order chi connectivity index (χ1) is 6.74. The first-order valence-electron chi connectivity index (χ1n) is 4.22. The lowest BCUT2D eigenvalue weighted by atomic mass is 10.3. The third-order valence-electron chi connectivity index (χ3n) is 1.66. The molecule has 0 aromatic carbocycles. The number of amides is 1. The first kappa shape index (κ1) is 10.8. The fourth-order valence-corrected chi connectivity index (χ4v) is 1.23. The molecule has 4 nitrogen and oxygen atoms in total. The zero-order valence-corrected chi connectivity index (χ0v) is 8.80. The average molecular weight is 211 g/mol. The maximum absolute atomic E-state index is 10.7. The van der Waals surface area contributed by atoms with Gasteiger partial charge in [-0.25, -0.2) is 4.98 Å². The van der Waals surface area contributed by atoms with Crippen LogP contribution in [0.5, 0.6) is 0 Å². The quantitative estimate of drug-likeness (QED) is 0.712. The summed E-state index contributed by atoms with van der Waals surface area (Å²) < 4.78 is 0. The summed E-state index contributed by atoms with van der Waals surface area (Å²) in [5, 5.41) is 3.13. The molecule has 0 saturated carbocycles.